The first kappa shape index (κ1) is 7.60. The molecule has 0 N–H and O–H groups in total. The van der Waals surface area contributed by atoms with Crippen LogP contribution in [0.15, 0.2) is 0 Å². The summed E-state index contributed by atoms with van der Waals surface area (Å²) < 4.78 is 0. The number of rotatable bonds is 2. The molecular weight excluding hydrogens is 134 g/mol. The maximum absolute atomic E-state index is 4.13. The smallest absolute Gasteiger partial charge is 0.000978 e. The summed E-state index contributed by atoms with van der Waals surface area (Å²) in [6.07, 6.45) is 5.69. The van der Waals surface area contributed by atoms with Crippen LogP contribution in [0, 0.1) is 18.8 Å². The van der Waals surface area contributed by atoms with E-state index in [9.17, 15) is 0 Å². The van der Waals surface area contributed by atoms with Gasteiger partial charge in [-0.3, -0.25) is 0 Å². The van der Waals surface area contributed by atoms with Gasteiger partial charge in [0.2, 0.25) is 0 Å². The van der Waals surface area contributed by atoms with Gasteiger partial charge >= 0.3 is 0 Å². The molecule has 2 aliphatic rings. The minimum Gasteiger partial charge on any atom is -0.303 e. The summed E-state index contributed by atoms with van der Waals surface area (Å²) in [4.78, 5) is 2.61. The first-order valence-corrected chi connectivity index (χ1v) is 4.90. The van der Waals surface area contributed by atoms with Crippen LogP contribution in [-0.2, 0) is 0 Å². The third-order valence-electron chi connectivity index (χ3n) is 2.82. The van der Waals surface area contributed by atoms with Crippen molar-refractivity contribution in [2.75, 3.05) is 19.6 Å². The number of hydrogen-bond acceptors (Lipinski definition) is 1. The lowest BCUT2D eigenvalue weighted by Gasteiger charge is -2.30. The van der Waals surface area contributed by atoms with E-state index in [-0.39, 0.29) is 0 Å². The number of likely N-dealkylation sites (tertiary alicyclic amines) is 1. The van der Waals surface area contributed by atoms with Gasteiger partial charge in [-0.2, -0.15) is 0 Å². The maximum atomic E-state index is 4.13. The standard InChI is InChI=1S/C10H18N/c1-9-3-2-6-11(7-9)8-10-4-5-10/h9-10H,1-8H2. The van der Waals surface area contributed by atoms with Crippen molar-refractivity contribution in [3.8, 4) is 0 Å². The third-order valence-corrected chi connectivity index (χ3v) is 2.82. The van der Waals surface area contributed by atoms with Crippen molar-refractivity contribution >= 4 is 0 Å². The van der Waals surface area contributed by atoms with E-state index < -0.39 is 0 Å². The lowest BCUT2D eigenvalue weighted by molar-refractivity contribution is 0.188. The average molecular weight is 152 g/mol. The fourth-order valence-corrected chi connectivity index (χ4v) is 1.98. The highest BCUT2D eigenvalue weighted by atomic mass is 15.1. The van der Waals surface area contributed by atoms with E-state index in [2.05, 4.69) is 11.8 Å². The topological polar surface area (TPSA) is 3.24 Å². The largest absolute Gasteiger partial charge is 0.303 e. The lowest BCUT2D eigenvalue weighted by Crippen LogP contribution is -2.35. The molecule has 1 aliphatic carbocycles. The van der Waals surface area contributed by atoms with Gasteiger partial charge in [0.05, 0.1) is 0 Å². The highest BCUT2D eigenvalue weighted by molar-refractivity contribution is 4.81. The SMILES string of the molecule is [CH2]C1CCCN(CC2CC2)C1. The van der Waals surface area contributed by atoms with E-state index in [0.29, 0.717) is 5.92 Å². The van der Waals surface area contributed by atoms with Crippen LogP contribution in [0.25, 0.3) is 0 Å². The predicted molar refractivity (Wildman–Crippen MR) is 47.2 cm³/mol. The van der Waals surface area contributed by atoms with E-state index in [4.69, 9.17) is 0 Å². The molecule has 2 rings (SSSR count). The summed E-state index contributed by atoms with van der Waals surface area (Å²) in [5, 5.41) is 0. The second kappa shape index (κ2) is 3.14. The molecule has 1 unspecified atom stereocenters. The predicted octanol–water partition coefficient (Wildman–Crippen LogP) is 1.94. The van der Waals surface area contributed by atoms with Gasteiger partial charge in [-0.1, -0.05) is 0 Å². The molecule has 0 amide bonds. The normalized spacial score (nSPS) is 34.1. The zero-order valence-corrected chi connectivity index (χ0v) is 7.26. The minimum atomic E-state index is 0.711. The average Bonchev–Trinajstić information content (AvgIpc) is 2.71. The van der Waals surface area contributed by atoms with Crippen LogP contribution < -0.4 is 0 Å². The molecule has 0 aromatic carbocycles. The van der Waals surface area contributed by atoms with E-state index in [1.807, 2.05) is 0 Å². The van der Waals surface area contributed by atoms with E-state index in [1.165, 1.54) is 45.3 Å². The summed E-state index contributed by atoms with van der Waals surface area (Å²) >= 11 is 0. The van der Waals surface area contributed by atoms with Crippen molar-refractivity contribution in [2.24, 2.45) is 11.8 Å². The maximum Gasteiger partial charge on any atom is 0.000978 e. The van der Waals surface area contributed by atoms with Crippen molar-refractivity contribution in [1.82, 2.24) is 4.90 Å². The lowest BCUT2D eigenvalue weighted by atomic mass is 10.0. The van der Waals surface area contributed by atoms with Crippen molar-refractivity contribution in [1.29, 1.82) is 0 Å². The van der Waals surface area contributed by atoms with E-state index in [0.717, 1.165) is 5.92 Å². The molecule has 1 saturated heterocycles. The zero-order valence-electron chi connectivity index (χ0n) is 7.26. The molecule has 1 atom stereocenters. The van der Waals surface area contributed by atoms with Gasteiger partial charge in [-0.15, -0.1) is 0 Å². The van der Waals surface area contributed by atoms with Crippen LogP contribution >= 0.6 is 0 Å². The number of hydrogen-bond donors (Lipinski definition) is 0. The van der Waals surface area contributed by atoms with Crippen molar-refractivity contribution in [3.63, 3.8) is 0 Å². The third kappa shape index (κ3) is 2.19. The summed E-state index contributed by atoms with van der Waals surface area (Å²) in [7, 11) is 0. The van der Waals surface area contributed by atoms with Gasteiger partial charge in [0, 0.05) is 13.1 Å². The molecule has 0 aromatic rings. The van der Waals surface area contributed by atoms with Gasteiger partial charge in [-0.05, 0) is 51.0 Å². The fraction of sp³-hybridized carbons (Fsp3) is 0.900. The van der Waals surface area contributed by atoms with Crippen LogP contribution in [0.3, 0.4) is 0 Å². The summed E-state index contributed by atoms with van der Waals surface area (Å²) in [6, 6.07) is 0. The van der Waals surface area contributed by atoms with Crippen LogP contribution in [-0.4, -0.2) is 24.5 Å². The van der Waals surface area contributed by atoms with Gasteiger partial charge in [0.25, 0.3) is 0 Å². The molecule has 2 fully saturated rings. The van der Waals surface area contributed by atoms with Gasteiger partial charge in [0.15, 0.2) is 0 Å². The van der Waals surface area contributed by atoms with Crippen molar-refractivity contribution in [2.45, 2.75) is 25.7 Å². The minimum absolute atomic E-state index is 0.711. The Morgan fingerprint density at radius 3 is 2.73 bits per heavy atom. The molecule has 1 nitrogen and oxygen atoms in total. The molecule has 1 heterocycles. The summed E-state index contributed by atoms with van der Waals surface area (Å²) in [5.41, 5.74) is 0. The molecule has 1 radical (unpaired) electrons. The molecule has 0 bridgehead atoms. The molecule has 11 heavy (non-hydrogen) atoms. The Kier molecular flexibility index (Phi) is 2.17. The Morgan fingerprint density at radius 1 is 1.27 bits per heavy atom. The summed E-state index contributed by atoms with van der Waals surface area (Å²) in [5.74, 6) is 1.77. The molecule has 1 aliphatic heterocycles. The molecule has 1 heteroatoms. The first-order valence-electron chi connectivity index (χ1n) is 4.90. The van der Waals surface area contributed by atoms with E-state index in [1.54, 1.807) is 0 Å². The molecule has 0 spiro atoms. The quantitative estimate of drug-likeness (QED) is 0.584. The van der Waals surface area contributed by atoms with Crippen LogP contribution in [0.1, 0.15) is 25.7 Å². The second-order valence-corrected chi connectivity index (χ2v) is 4.21. The molecule has 1 saturated carbocycles. The Hall–Kier alpha value is -0.0400. The van der Waals surface area contributed by atoms with Crippen molar-refractivity contribution in [3.05, 3.63) is 6.92 Å². The Bertz CT molecular complexity index is 127. The Morgan fingerprint density at radius 2 is 2.09 bits per heavy atom. The summed E-state index contributed by atoms with van der Waals surface area (Å²) in [6.45, 7) is 8.10. The zero-order chi connectivity index (χ0) is 7.68. The monoisotopic (exact) mass is 152 g/mol. The van der Waals surface area contributed by atoms with Crippen LogP contribution in [0.4, 0.5) is 0 Å². The highest BCUT2D eigenvalue weighted by Gasteiger charge is 2.26. The highest BCUT2D eigenvalue weighted by Crippen LogP contribution is 2.30. The molecular formula is C10H18N. The number of nitrogens with zero attached hydrogens (tertiary/aromatic N) is 1. The first-order chi connectivity index (χ1) is 5.34. The van der Waals surface area contributed by atoms with Crippen molar-refractivity contribution < 1.29 is 0 Å². The van der Waals surface area contributed by atoms with Crippen LogP contribution in [0.2, 0.25) is 0 Å². The number of piperidine rings is 1. The molecule has 0 aromatic heterocycles. The Labute approximate surface area is 69.8 Å². The van der Waals surface area contributed by atoms with E-state index >= 15 is 0 Å². The van der Waals surface area contributed by atoms with Gasteiger partial charge in [-0.25, -0.2) is 0 Å². The van der Waals surface area contributed by atoms with Crippen LogP contribution in [0.5, 0.6) is 0 Å². The molecule has 63 valence electrons. The Balaban J connectivity index is 1.73. The second-order valence-electron chi connectivity index (χ2n) is 4.21. The van der Waals surface area contributed by atoms with Gasteiger partial charge in [0.1, 0.15) is 0 Å². The van der Waals surface area contributed by atoms with Gasteiger partial charge < -0.3 is 4.90 Å². The fourth-order valence-electron chi connectivity index (χ4n) is 1.98.